The third-order valence-corrected chi connectivity index (χ3v) is 4.96. The second-order valence-electron chi connectivity index (χ2n) is 7.25. The van der Waals surface area contributed by atoms with Gasteiger partial charge in [-0.15, -0.1) is 0 Å². The SMILES string of the molecule is CCCCOc1ccc(C(CN(C)C)C2(O)CCCCC2)cc1. The molecule has 0 spiro atoms. The molecule has 1 fully saturated rings. The van der Waals surface area contributed by atoms with Crippen molar-refractivity contribution >= 4 is 0 Å². The summed E-state index contributed by atoms with van der Waals surface area (Å²) < 4.78 is 5.76. The van der Waals surface area contributed by atoms with Crippen molar-refractivity contribution in [1.82, 2.24) is 4.90 Å². The van der Waals surface area contributed by atoms with Gasteiger partial charge in [0, 0.05) is 12.5 Å². The van der Waals surface area contributed by atoms with Gasteiger partial charge in [-0.3, -0.25) is 0 Å². The second-order valence-corrected chi connectivity index (χ2v) is 7.25. The van der Waals surface area contributed by atoms with Gasteiger partial charge in [0.15, 0.2) is 0 Å². The molecule has 0 bridgehead atoms. The Kier molecular flexibility index (Phi) is 6.91. The number of ether oxygens (including phenoxy) is 1. The second kappa shape index (κ2) is 8.70. The molecule has 0 radical (unpaired) electrons. The van der Waals surface area contributed by atoms with E-state index >= 15 is 0 Å². The molecule has 3 heteroatoms. The first kappa shape index (κ1) is 18.3. The molecule has 1 atom stereocenters. The Balaban J connectivity index is 2.12. The maximum atomic E-state index is 11.2. The third kappa shape index (κ3) is 5.22. The standard InChI is InChI=1S/C20H33NO2/c1-4-5-15-23-18-11-9-17(10-12-18)19(16-21(2)3)20(22)13-7-6-8-14-20/h9-12,19,22H,4-8,13-16H2,1-3H3. The minimum absolute atomic E-state index is 0.169. The zero-order valence-electron chi connectivity index (χ0n) is 15.1. The van der Waals surface area contributed by atoms with Gasteiger partial charge in [-0.1, -0.05) is 44.7 Å². The first-order valence-electron chi connectivity index (χ1n) is 9.15. The van der Waals surface area contributed by atoms with Crippen molar-refractivity contribution in [3.8, 4) is 5.75 Å². The van der Waals surface area contributed by atoms with Gasteiger partial charge in [0.25, 0.3) is 0 Å². The minimum atomic E-state index is -0.562. The molecule has 0 amide bonds. The van der Waals surface area contributed by atoms with Crippen LogP contribution in [0.5, 0.6) is 5.75 Å². The van der Waals surface area contributed by atoms with Crippen molar-refractivity contribution in [2.24, 2.45) is 0 Å². The first-order chi connectivity index (χ1) is 11.0. The van der Waals surface area contributed by atoms with Gasteiger partial charge in [-0.25, -0.2) is 0 Å². The van der Waals surface area contributed by atoms with E-state index in [-0.39, 0.29) is 5.92 Å². The van der Waals surface area contributed by atoms with Crippen LogP contribution in [0.3, 0.4) is 0 Å². The molecule has 1 aliphatic carbocycles. The Labute approximate surface area is 141 Å². The lowest BCUT2D eigenvalue weighted by Gasteiger charge is -2.40. The highest BCUT2D eigenvalue weighted by molar-refractivity contribution is 5.31. The van der Waals surface area contributed by atoms with E-state index in [4.69, 9.17) is 4.74 Å². The van der Waals surface area contributed by atoms with Crippen LogP contribution >= 0.6 is 0 Å². The van der Waals surface area contributed by atoms with E-state index in [1.54, 1.807) is 0 Å². The molecule has 3 nitrogen and oxygen atoms in total. The summed E-state index contributed by atoms with van der Waals surface area (Å²) in [7, 11) is 4.17. The van der Waals surface area contributed by atoms with Crippen molar-refractivity contribution in [3.63, 3.8) is 0 Å². The van der Waals surface area contributed by atoms with Crippen molar-refractivity contribution in [2.45, 2.75) is 63.4 Å². The predicted molar refractivity (Wildman–Crippen MR) is 96.2 cm³/mol. The van der Waals surface area contributed by atoms with Crippen LogP contribution in [-0.4, -0.2) is 42.9 Å². The quantitative estimate of drug-likeness (QED) is 0.729. The normalized spacial score (nSPS) is 18.8. The number of aliphatic hydroxyl groups is 1. The van der Waals surface area contributed by atoms with Crippen molar-refractivity contribution in [3.05, 3.63) is 29.8 Å². The maximum Gasteiger partial charge on any atom is 0.119 e. The van der Waals surface area contributed by atoms with Gasteiger partial charge in [-0.2, -0.15) is 0 Å². The van der Waals surface area contributed by atoms with Gasteiger partial charge in [-0.05, 0) is 51.1 Å². The van der Waals surface area contributed by atoms with E-state index in [0.29, 0.717) is 0 Å². The van der Waals surface area contributed by atoms with E-state index in [9.17, 15) is 5.11 Å². The Hall–Kier alpha value is -1.06. The van der Waals surface area contributed by atoms with Crippen LogP contribution in [0.1, 0.15) is 63.4 Å². The Morgan fingerprint density at radius 3 is 2.35 bits per heavy atom. The number of hydrogen-bond donors (Lipinski definition) is 1. The van der Waals surface area contributed by atoms with Crippen molar-refractivity contribution in [2.75, 3.05) is 27.2 Å². The summed E-state index contributed by atoms with van der Waals surface area (Å²) in [6, 6.07) is 8.39. The van der Waals surface area contributed by atoms with Gasteiger partial charge in [0.05, 0.1) is 12.2 Å². The summed E-state index contributed by atoms with van der Waals surface area (Å²) in [4.78, 5) is 2.18. The fraction of sp³-hybridized carbons (Fsp3) is 0.700. The zero-order chi connectivity index (χ0) is 16.7. The average Bonchev–Trinajstić information content (AvgIpc) is 2.54. The van der Waals surface area contributed by atoms with Crippen LogP contribution in [0.4, 0.5) is 0 Å². The van der Waals surface area contributed by atoms with E-state index in [0.717, 1.165) is 57.4 Å². The van der Waals surface area contributed by atoms with Crippen molar-refractivity contribution < 1.29 is 9.84 Å². The average molecular weight is 319 g/mol. The van der Waals surface area contributed by atoms with Gasteiger partial charge in [0.1, 0.15) is 5.75 Å². The number of unbranched alkanes of at least 4 members (excludes halogenated alkanes) is 1. The molecule has 130 valence electrons. The number of nitrogens with zero attached hydrogens (tertiary/aromatic N) is 1. The van der Waals surface area contributed by atoms with E-state index in [1.165, 1.54) is 12.0 Å². The van der Waals surface area contributed by atoms with Crippen molar-refractivity contribution in [1.29, 1.82) is 0 Å². The topological polar surface area (TPSA) is 32.7 Å². The van der Waals surface area contributed by atoms with Crippen LogP contribution in [0.15, 0.2) is 24.3 Å². The van der Waals surface area contributed by atoms with Gasteiger partial charge in [0.2, 0.25) is 0 Å². The lowest BCUT2D eigenvalue weighted by atomic mass is 9.72. The molecule has 0 heterocycles. The smallest absolute Gasteiger partial charge is 0.119 e. The minimum Gasteiger partial charge on any atom is -0.494 e. The monoisotopic (exact) mass is 319 g/mol. The van der Waals surface area contributed by atoms with Crippen LogP contribution in [0.25, 0.3) is 0 Å². The van der Waals surface area contributed by atoms with E-state index in [1.807, 2.05) is 0 Å². The summed E-state index contributed by atoms with van der Waals surface area (Å²) in [6.45, 7) is 3.83. The van der Waals surface area contributed by atoms with Gasteiger partial charge < -0.3 is 14.7 Å². The Bertz CT molecular complexity index is 449. The summed E-state index contributed by atoms with van der Waals surface area (Å²) in [6.07, 6.45) is 7.60. The van der Waals surface area contributed by atoms with E-state index in [2.05, 4.69) is 50.2 Å². The van der Waals surface area contributed by atoms with Gasteiger partial charge >= 0.3 is 0 Å². The lowest BCUT2D eigenvalue weighted by Crippen LogP contribution is -2.42. The summed E-state index contributed by atoms with van der Waals surface area (Å²) >= 11 is 0. The molecule has 2 rings (SSSR count). The molecular weight excluding hydrogens is 286 g/mol. The van der Waals surface area contributed by atoms with Crippen LogP contribution in [0.2, 0.25) is 0 Å². The molecule has 23 heavy (non-hydrogen) atoms. The number of likely N-dealkylation sites (N-methyl/N-ethyl adjacent to an activating group) is 1. The molecule has 1 aromatic carbocycles. The maximum absolute atomic E-state index is 11.2. The molecule has 0 saturated heterocycles. The molecule has 0 aliphatic heterocycles. The largest absolute Gasteiger partial charge is 0.494 e. The Morgan fingerprint density at radius 2 is 1.78 bits per heavy atom. The fourth-order valence-electron chi connectivity index (χ4n) is 3.59. The lowest BCUT2D eigenvalue weighted by molar-refractivity contribution is -0.0277. The molecular formula is C20H33NO2. The summed E-state index contributed by atoms with van der Waals surface area (Å²) in [5.74, 6) is 1.10. The molecule has 1 saturated carbocycles. The number of hydrogen-bond acceptors (Lipinski definition) is 3. The highest BCUT2D eigenvalue weighted by Crippen LogP contribution is 2.40. The van der Waals surface area contributed by atoms with Crippen LogP contribution < -0.4 is 4.74 Å². The molecule has 1 aliphatic rings. The number of rotatable bonds is 8. The molecule has 0 aromatic heterocycles. The van der Waals surface area contributed by atoms with Crippen LogP contribution in [-0.2, 0) is 0 Å². The molecule has 1 aromatic rings. The molecule has 1 unspecified atom stereocenters. The van der Waals surface area contributed by atoms with E-state index < -0.39 is 5.60 Å². The van der Waals surface area contributed by atoms with Crippen LogP contribution in [0, 0.1) is 0 Å². The highest BCUT2D eigenvalue weighted by atomic mass is 16.5. The fourth-order valence-corrected chi connectivity index (χ4v) is 3.59. The summed E-state index contributed by atoms with van der Waals surface area (Å²) in [5, 5.41) is 11.2. The molecule has 1 N–H and O–H groups in total. The first-order valence-corrected chi connectivity index (χ1v) is 9.15. The zero-order valence-corrected chi connectivity index (χ0v) is 15.1. The third-order valence-electron chi connectivity index (χ3n) is 4.96. The predicted octanol–water partition coefficient (Wildman–Crippen LogP) is 4.21. The Morgan fingerprint density at radius 1 is 1.13 bits per heavy atom. The number of benzene rings is 1. The highest BCUT2D eigenvalue weighted by Gasteiger charge is 2.38. The summed E-state index contributed by atoms with van der Waals surface area (Å²) in [5.41, 5.74) is 0.665.